The van der Waals surface area contributed by atoms with E-state index in [0.717, 1.165) is 21.6 Å². The second-order valence-electron chi connectivity index (χ2n) is 4.82. The SMILES string of the molecule is CC(C)Sc1nc2c([nH]c3ccccc32)c(=O)n1C. The van der Waals surface area contributed by atoms with Gasteiger partial charge in [-0.2, -0.15) is 0 Å². The van der Waals surface area contributed by atoms with Gasteiger partial charge in [0.2, 0.25) is 0 Å². The summed E-state index contributed by atoms with van der Waals surface area (Å²) in [6.07, 6.45) is 0. The Hall–Kier alpha value is -1.75. The van der Waals surface area contributed by atoms with Crippen molar-refractivity contribution in [1.29, 1.82) is 0 Å². The topological polar surface area (TPSA) is 50.7 Å². The molecular weight excluding hydrogens is 258 g/mol. The van der Waals surface area contributed by atoms with Gasteiger partial charge in [0.1, 0.15) is 11.0 Å². The molecule has 2 aromatic heterocycles. The van der Waals surface area contributed by atoms with Gasteiger partial charge in [0.15, 0.2) is 5.16 Å². The fraction of sp³-hybridized carbons (Fsp3) is 0.286. The van der Waals surface area contributed by atoms with Gasteiger partial charge in [-0.25, -0.2) is 4.98 Å². The lowest BCUT2D eigenvalue weighted by molar-refractivity contribution is 0.723. The van der Waals surface area contributed by atoms with E-state index in [0.29, 0.717) is 10.8 Å². The summed E-state index contributed by atoms with van der Waals surface area (Å²) in [7, 11) is 1.77. The molecule has 0 amide bonds. The molecule has 0 aliphatic heterocycles. The molecule has 0 aliphatic carbocycles. The Kier molecular flexibility index (Phi) is 2.86. The molecule has 0 unspecified atom stereocenters. The Bertz CT molecular complexity index is 817. The number of para-hydroxylation sites is 1. The summed E-state index contributed by atoms with van der Waals surface area (Å²) < 4.78 is 1.61. The van der Waals surface area contributed by atoms with Crippen LogP contribution >= 0.6 is 11.8 Å². The molecule has 2 heterocycles. The van der Waals surface area contributed by atoms with Crippen molar-refractivity contribution in [3.05, 3.63) is 34.6 Å². The van der Waals surface area contributed by atoms with Gasteiger partial charge in [-0.3, -0.25) is 9.36 Å². The van der Waals surface area contributed by atoms with Gasteiger partial charge in [0.05, 0.1) is 0 Å². The summed E-state index contributed by atoms with van der Waals surface area (Å²) >= 11 is 1.60. The first-order valence-electron chi connectivity index (χ1n) is 6.22. The molecule has 0 fully saturated rings. The van der Waals surface area contributed by atoms with Crippen LogP contribution in [0.3, 0.4) is 0 Å². The van der Waals surface area contributed by atoms with Crippen molar-refractivity contribution in [1.82, 2.24) is 14.5 Å². The van der Waals surface area contributed by atoms with Gasteiger partial charge in [0, 0.05) is 23.2 Å². The molecule has 1 aromatic carbocycles. The first kappa shape index (κ1) is 12.3. The van der Waals surface area contributed by atoms with Crippen LogP contribution in [0.15, 0.2) is 34.2 Å². The third-order valence-electron chi connectivity index (χ3n) is 3.03. The maximum atomic E-state index is 12.4. The molecule has 98 valence electrons. The van der Waals surface area contributed by atoms with Gasteiger partial charge >= 0.3 is 0 Å². The van der Waals surface area contributed by atoms with Crippen molar-refractivity contribution in [3.63, 3.8) is 0 Å². The van der Waals surface area contributed by atoms with E-state index in [2.05, 4.69) is 23.8 Å². The molecule has 3 rings (SSSR count). The summed E-state index contributed by atoms with van der Waals surface area (Å²) in [5.41, 5.74) is 2.27. The van der Waals surface area contributed by atoms with E-state index >= 15 is 0 Å². The average molecular weight is 273 g/mol. The summed E-state index contributed by atoms with van der Waals surface area (Å²) in [5, 5.41) is 2.15. The number of benzene rings is 1. The maximum Gasteiger partial charge on any atom is 0.278 e. The van der Waals surface area contributed by atoms with Gasteiger partial charge in [-0.15, -0.1) is 0 Å². The lowest BCUT2D eigenvalue weighted by atomic mass is 10.2. The Morgan fingerprint density at radius 2 is 2.05 bits per heavy atom. The highest BCUT2D eigenvalue weighted by Gasteiger charge is 2.14. The van der Waals surface area contributed by atoms with Crippen LogP contribution < -0.4 is 5.56 Å². The highest BCUT2D eigenvalue weighted by Crippen LogP contribution is 2.25. The molecule has 0 saturated carbocycles. The quantitative estimate of drug-likeness (QED) is 0.577. The lowest BCUT2D eigenvalue weighted by Gasteiger charge is -2.08. The minimum Gasteiger partial charge on any atom is -0.349 e. The van der Waals surface area contributed by atoms with E-state index in [4.69, 9.17) is 0 Å². The predicted molar refractivity (Wildman–Crippen MR) is 79.8 cm³/mol. The zero-order valence-corrected chi connectivity index (χ0v) is 11.9. The Balaban J connectivity index is 2.40. The molecule has 19 heavy (non-hydrogen) atoms. The zero-order chi connectivity index (χ0) is 13.6. The van der Waals surface area contributed by atoms with Crippen molar-refractivity contribution in [2.24, 2.45) is 7.05 Å². The van der Waals surface area contributed by atoms with E-state index < -0.39 is 0 Å². The smallest absolute Gasteiger partial charge is 0.278 e. The van der Waals surface area contributed by atoms with E-state index in [1.807, 2.05) is 24.3 Å². The minimum atomic E-state index is -0.0237. The first-order chi connectivity index (χ1) is 9.08. The van der Waals surface area contributed by atoms with Crippen LogP contribution in [0.25, 0.3) is 21.9 Å². The monoisotopic (exact) mass is 273 g/mol. The number of H-pyrrole nitrogens is 1. The zero-order valence-electron chi connectivity index (χ0n) is 11.1. The Morgan fingerprint density at radius 3 is 2.79 bits per heavy atom. The van der Waals surface area contributed by atoms with Crippen molar-refractivity contribution in [2.45, 2.75) is 24.3 Å². The number of nitrogens with one attached hydrogen (secondary N) is 1. The molecule has 0 aliphatic rings. The largest absolute Gasteiger partial charge is 0.349 e. The number of rotatable bonds is 2. The van der Waals surface area contributed by atoms with Crippen molar-refractivity contribution >= 4 is 33.7 Å². The molecular formula is C14H15N3OS. The number of hydrogen-bond donors (Lipinski definition) is 1. The van der Waals surface area contributed by atoms with Crippen LogP contribution in [0.1, 0.15) is 13.8 Å². The van der Waals surface area contributed by atoms with Crippen LogP contribution in [0.2, 0.25) is 0 Å². The highest BCUT2D eigenvalue weighted by atomic mass is 32.2. The van der Waals surface area contributed by atoms with Crippen LogP contribution in [0, 0.1) is 0 Å². The van der Waals surface area contributed by atoms with E-state index in [-0.39, 0.29) is 5.56 Å². The number of nitrogens with zero attached hydrogens (tertiary/aromatic N) is 2. The number of fused-ring (bicyclic) bond motifs is 3. The van der Waals surface area contributed by atoms with E-state index in [1.54, 1.807) is 23.4 Å². The molecule has 3 aromatic rings. The third kappa shape index (κ3) is 1.94. The first-order valence-corrected chi connectivity index (χ1v) is 7.10. The summed E-state index contributed by atoms with van der Waals surface area (Å²) in [6.45, 7) is 4.19. The van der Waals surface area contributed by atoms with Gasteiger partial charge < -0.3 is 4.98 Å². The fourth-order valence-electron chi connectivity index (χ4n) is 2.14. The maximum absolute atomic E-state index is 12.4. The number of thioether (sulfide) groups is 1. The van der Waals surface area contributed by atoms with E-state index in [1.165, 1.54) is 0 Å². The second-order valence-corrected chi connectivity index (χ2v) is 6.36. The standard InChI is InChI=1S/C14H15N3OS/c1-8(2)19-14-16-11-9-6-4-5-7-10(9)15-12(11)13(18)17(14)3/h4-8,15H,1-3H3. The van der Waals surface area contributed by atoms with Crippen LogP contribution in [0.5, 0.6) is 0 Å². The number of aromatic amines is 1. The highest BCUT2D eigenvalue weighted by molar-refractivity contribution is 7.99. The number of hydrogen-bond acceptors (Lipinski definition) is 3. The molecule has 4 nitrogen and oxygen atoms in total. The van der Waals surface area contributed by atoms with Crippen LogP contribution in [-0.4, -0.2) is 19.8 Å². The van der Waals surface area contributed by atoms with Gasteiger partial charge in [0.25, 0.3) is 5.56 Å². The average Bonchev–Trinajstić information content (AvgIpc) is 2.74. The molecule has 0 atom stereocenters. The Labute approximate surface area is 114 Å². The predicted octanol–water partition coefficient (Wildman–Crippen LogP) is 2.92. The summed E-state index contributed by atoms with van der Waals surface area (Å²) in [6, 6.07) is 7.87. The molecule has 5 heteroatoms. The lowest BCUT2D eigenvalue weighted by Crippen LogP contribution is -2.20. The van der Waals surface area contributed by atoms with Crippen LogP contribution in [0.4, 0.5) is 0 Å². The van der Waals surface area contributed by atoms with E-state index in [9.17, 15) is 4.79 Å². The molecule has 0 bridgehead atoms. The minimum absolute atomic E-state index is 0.0237. The molecule has 0 radical (unpaired) electrons. The van der Waals surface area contributed by atoms with Gasteiger partial charge in [-0.1, -0.05) is 43.8 Å². The second kappa shape index (κ2) is 4.42. The molecule has 0 spiro atoms. The fourth-order valence-corrected chi connectivity index (χ4v) is 2.95. The van der Waals surface area contributed by atoms with Crippen molar-refractivity contribution < 1.29 is 0 Å². The van der Waals surface area contributed by atoms with Crippen molar-refractivity contribution in [3.8, 4) is 0 Å². The normalized spacial score (nSPS) is 11.8. The summed E-state index contributed by atoms with van der Waals surface area (Å²) in [5.74, 6) is 0. The third-order valence-corrected chi connectivity index (χ3v) is 4.08. The molecule has 1 N–H and O–H groups in total. The number of aromatic nitrogens is 3. The van der Waals surface area contributed by atoms with Crippen molar-refractivity contribution in [2.75, 3.05) is 0 Å². The Morgan fingerprint density at radius 1 is 1.32 bits per heavy atom. The van der Waals surface area contributed by atoms with Crippen LogP contribution in [-0.2, 0) is 7.05 Å². The summed E-state index contributed by atoms with van der Waals surface area (Å²) in [4.78, 5) is 20.2. The van der Waals surface area contributed by atoms with Gasteiger partial charge in [-0.05, 0) is 6.07 Å². The molecule has 0 saturated heterocycles.